The van der Waals surface area contributed by atoms with Crippen molar-refractivity contribution in [2.75, 3.05) is 6.54 Å². The van der Waals surface area contributed by atoms with Crippen LogP contribution < -0.4 is 5.32 Å². The van der Waals surface area contributed by atoms with Crippen LogP contribution in [0, 0.1) is 5.82 Å². The predicted molar refractivity (Wildman–Crippen MR) is 85.0 cm³/mol. The summed E-state index contributed by atoms with van der Waals surface area (Å²) in [6.07, 6.45) is 2.79. The molecule has 1 nitrogen and oxygen atoms in total. The van der Waals surface area contributed by atoms with Gasteiger partial charge in [-0.15, -0.1) is 11.3 Å². The first-order valence-corrected chi connectivity index (χ1v) is 8.09. The number of hydrogen-bond donors (Lipinski definition) is 1. The van der Waals surface area contributed by atoms with E-state index in [1.807, 2.05) is 23.5 Å². The third-order valence-electron chi connectivity index (χ3n) is 3.43. The van der Waals surface area contributed by atoms with Gasteiger partial charge in [0.15, 0.2) is 0 Å². The summed E-state index contributed by atoms with van der Waals surface area (Å²) in [7, 11) is 0. The lowest BCUT2D eigenvalue weighted by molar-refractivity contribution is 0.508. The molecule has 0 spiro atoms. The van der Waals surface area contributed by atoms with Gasteiger partial charge in [-0.2, -0.15) is 0 Å². The van der Waals surface area contributed by atoms with Gasteiger partial charge >= 0.3 is 0 Å². The third-order valence-corrected chi connectivity index (χ3v) is 4.68. The molecule has 3 heteroatoms. The minimum atomic E-state index is -0.101. The van der Waals surface area contributed by atoms with Crippen LogP contribution in [0.1, 0.15) is 29.2 Å². The summed E-state index contributed by atoms with van der Waals surface area (Å²) in [5.41, 5.74) is 0.797. The van der Waals surface area contributed by atoms with E-state index in [-0.39, 0.29) is 5.82 Å². The number of nitrogens with one attached hydrogen (secondary N) is 1. The third kappa shape index (κ3) is 4.15. The van der Waals surface area contributed by atoms with Gasteiger partial charge in [0.2, 0.25) is 0 Å². The quantitative estimate of drug-likeness (QED) is 0.805. The van der Waals surface area contributed by atoms with Gasteiger partial charge < -0.3 is 5.32 Å². The molecule has 0 saturated heterocycles. The molecule has 1 aromatic heterocycles. The SMILES string of the molecule is CCNC(Cc1ccc(CC)s1)Cc1ccccc1F. The van der Waals surface area contributed by atoms with Crippen molar-refractivity contribution in [3.63, 3.8) is 0 Å². The summed E-state index contributed by atoms with van der Waals surface area (Å²) in [5, 5.41) is 3.47. The average molecular weight is 291 g/mol. The minimum Gasteiger partial charge on any atom is -0.314 e. The van der Waals surface area contributed by atoms with Crippen LogP contribution in [0.4, 0.5) is 4.39 Å². The molecule has 1 atom stereocenters. The fourth-order valence-corrected chi connectivity index (χ4v) is 3.44. The highest BCUT2D eigenvalue weighted by molar-refractivity contribution is 7.11. The molecule has 0 amide bonds. The standard InChI is InChI=1S/C17H22FNS/c1-3-15-9-10-16(20-15)12-14(19-4-2)11-13-7-5-6-8-17(13)18/h5-10,14,19H,3-4,11-12H2,1-2H3. The van der Waals surface area contributed by atoms with Crippen molar-refractivity contribution < 1.29 is 4.39 Å². The van der Waals surface area contributed by atoms with Gasteiger partial charge in [0.25, 0.3) is 0 Å². The van der Waals surface area contributed by atoms with E-state index in [1.54, 1.807) is 12.1 Å². The van der Waals surface area contributed by atoms with E-state index in [1.165, 1.54) is 9.75 Å². The summed E-state index contributed by atoms with van der Waals surface area (Å²) >= 11 is 1.87. The number of hydrogen-bond acceptors (Lipinski definition) is 2. The molecule has 0 fully saturated rings. The van der Waals surface area contributed by atoms with Gasteiger partial charge in [-0.1, -0.05) is 32.0 Å². The molecular formula is C17H22FNS. The lowest BCUT2D eigenvalue weighted by Gasteiger charge is -2.17. The van der Waals surface area contributed by atoms with E-state index < -0.39 is 0 Å². The number of thiophene rings is 1. The molecular weight excluding hydrogens is 269 g/mol. The summed E-state index contributed by atoms with van der Waals surface area (Å²) in [6, 6.07) is 11.8. The van der Waals surface area contributed by atoms with Crippen molar-refractivity contribution in [3.05, 3.63) is 57.5 Å². The van der Waals surface area contributed by atoms with Crippen LogP contribution in [-0.2, 0) is 19.3 Å². The Morgan fingerprint density at radius 1 is 1.05 bits per heavy atom. The van der Waals surface area contributed by atoms with E-state index in [0.29, 0.717) is 6.04 Å². The molecule has 1 unspecified atom stereocenters. The Kier molecular flexibility index (Phi) is 5.74. The fraction of sp³-hybridized carbons (Fsp3) is 0.412. The molecule has 1 N–H and O–H groups in total. The van der Waals surface area contributed by atoms with Gasteiger partial charge in [-0.25, -0.2) is 4.39 Å². The van der Waals surface area contributed by atoms with Gasteiger partial charge in [0.05, 0.1) is 0 Å². The highest BCUT2D eigenvalue weighted by Crippen LogP contribution is 2.20. The van der Waals surface area contributed by atoms with Crippen LogP contribution >= 0.6 is 11.3 Å². The van der Waals surface area contributed by atoms with Gasteiger partial charge in [0.1, 0.15) is 5.82 Å². The van der Waals surface area contributed by atoms with Crippen LogP contribution in [0.3, 0.4) is 0 Å². The zero-order chi connectivity index (χ0) is 14.4. The number of halogens is 1. The molecule has 0 bridgehead atoms. The smallest absolute Gasteiger partial charge is 0.126 e. The van der Waals surface area contributed by atoms with E-state index in [0.717, 1.165) is 31.4 Å². The highest BCUT2D eigenvalue weighted by atomic mass is 32.1. The molecule has 20 heavy (non-hydrogen) atoms. The molecule has 0 aliphatic rings. The number of rotatable bonds is 7. The number of likely N-dealkylation sites (N-methyl/N-ethyl adjacent to an activating group) is 1. The van der Waals surface area contributed by atoms with Crippen molar-refractivity contribution in [1.29, 1.82) is 0 Å². The van der Waals surface area contributed by atoms with Gasteiger partial charge in [-0.3, -0.25) is 0 Å². The summed E-state index contributed by atoms with van der Waals surface area (Å²) < 4.78 is 13.8. The molecule has 0 radical (unpaired) electrons. The van der Waals surface area contributed by atoms with Crippen LogP contribution in [0.15, 0.2) is 36.4 Å². The molecule has 0 saturated carbocycles. The lowest BCUT2D eigenvalue weighted by atomic mass is 10.0. The van der Waals surface area contributed by atoms with Crippen LogP contribution in [0.5, 0.6) is 0 Å². The molecule has 1 aromatic carbocycles. The van der Waals surface area contributed by atoms with Crippen LogP contribution in [-0.4, -0.2) is 12.6 Å². The fourth-order valence-electron chi connectivity index (χ4n) is 2.40. The Bertz CT molecular complexity index is 535. The van der Waals surface area contributed by atoms with E-state index in [4.69, 9.17) is 0 Å². The van der Waals surface area contributed by atoms with E-state index in [2.05, 4.69) is 31.3 Å². The Hall–Kier alpha value is -1.19. The first kappa shape index (κ1) is 15.2. The number of aryl methyl sites for hydroxylation is 1. The summed E-state index contributed by atoms with van der Waals surface area (Å²) in [4.78, 5) is 2.80. The zero-order valence-electron chi connectivity index (χ0n) is 12.2. The Morgan fingerprint density at radius 3 is 2.45 bits per heavy atom. The maximum absolute atomic E-state index is 13.8. The Labute approximate surface area is 124 Å². The molecule has 108 valence electrons. The normalized spacial score (nSPS) is 12.6. The molecule has 0 aliphatic carbocycles. The van der Waals surface area contributed by atoms with Crippen LogP contribution in [0.25, 0.3) is 0 Å². The van der Waals surface area contributed by atoms with Crippen molar-refractivity contribution in [1.82, 2.24) is 5.32 Å². The second kappa shape index (κ2) is 7.55. The second-order valence-corrected chi connectivity index (χ2v) is 6.23. The predicted octanol–water partition coefficient (Wildman–Crippen LogP) is 4.21. The van der Waals surface area contributed by atoms with E-state index in [9.17, 15) is 4.39 Å². The zero-order valence-corrected chi connectivity index (χ0v) is 13.0. The second-order valence-electron chi connectivity index (χ2n) is 4.98. The van der Waals surface area contributed by atoms with Gasteiger partial charge in [-0.05, 0) is 49.6 Å². The van der Waals surface area contributed by atoms with E-state index >= 15 is 0 Å². The molecule has 0 aliphatic heterocycles. The Balaban J connectivity index is 2.05. The highest BCUT2D eigenvalue weighted by Gasteiger charge is 2.13. The minimum absolute atomic E-state index is 0.101. The average Bonchev–Trinajstić information content (AvgIpc) is 2.89. The molecule has 2 aromatic rings. The molecule has 1 heterocycles. The molecule has 2 rings (SSSR count). The summed E-state index contributed by atoms with van der Waals surface area (Å²) in [5.74, 6) is -0.101. The largest absolute Gasteiger partial charge is 0.314 e. The maximum Gasteiger partial charge on any atom is 0.126 e. The van der Waals surface area contributed by atoms with Gasteiger partial charge in [0, 0.05) is 15.8 Å². The lowest BCUT2D eigenvalue weighted by Crippen LogP contribution is -2.33. The topological polar surface area (TPSA) is 12.0 Å². The first-order chi connectivity index (χ1) is 9.72. The monoisotopic (exact) mass is 291 g/mol. The van der Waals surface area contributed by atoms with Crippen molar-refractivity contribution in [3.8, 4) is 0 Å². The maximum atomic E-state index is 13.8. The van der Waals surface area contributed by atoms with Crippen molar-refractivity contribution >= 4 is 11.3 Å². The van der Waals surface area contributed by atoms with Crippen molar-refractivity contribution in [2.24, 2.45) is 0 Å². The Morgan fingerprint density at radius 2 is 1.80 bits per heavy atom. The first-order valence-electron chi connectivity index (χ1n) is 7.27. The number of benzene rings is 1. The summed E-state index contributed by atoms with van der Waals surface area (Å²) in [6.45, 7) is 5.18. The van der Waals surface area contributed by atoms with Crippen LogP contribution in [0.2, 0.25) is 0 Å². The van der Waals surface area contributed by atoms with Crippen molar-refractivity contribution in [2.45, 2.75) is 39.2 Å².